The summed E-state index contributed by atoms with van der Waals surface area (Å²) in [5, 5.41) is 2.59. The van der Waals surface area contributed by atoms with E-state index in [0.717, 1.165) is 111 Å². The molecule has 4 aromatic carbocycles. The molecule has 9 nitrogen and oxygen atoms in total. The predicted molar refractivity (Wildman–Crippen MR) is 293 cm³/mol. The summed E-state index contributed by atoms with van der Waals surface area (Å²) in [4.78, 5) is 52.0. The normalized spacial score (nSPS) is 21.4. The Balaban J connectivity index is 1.08. The van der Waals surface area contributed by atoms with Crippen molar-refractivity contribution in [1.29, 1.82) is 0 Å². The lowest BCUT2D eigenvalue weighted by molar-refractivity contribution is 0.398. The van der Waals surface area contributed by atoms with Crippen LogP contribution < -0.4 is 31.6 Å². The molecule has 6 aliphatic rings. The van der Waals surface area contributed by atoms with Crippen LogP contribution in [0.5, 0.6) is 0 Å². The van der Waals surface area contributed by atoms with E-state index in [0.29, 0.717) is 50.1 Å². The van der Waals surface area contributed by atoms with Crippen molar-refractivity contribution in [2.45, 2.75) is 154 Å². The van der Waals surface area contributed by atoms with Gasteiger partial charge in [0.05, 0.1) is 16.7 Å². The fourth-order valence-corrected chi connectivity index (χ4v) is 14.2. The van der Waals surface area contributed by atoms with E-state index in [4.69, 9.17) is 13.3 Å². The van der Waals surface area contributed by atoms with Gasteiger partial charge in [-0.15, -0.1) is 0 Å². The van der Waals surface area contributed by atoms with E-state index in [9.17, 15) is 14.4 Å². The minimum absolute atomic E-state index is 0.0827. The van der Waals surface area contributed by atoms with Crippen molar-refractivity contribution < 1.29 is 13.3 Å². The SMILES string of the molecule is CC1(C)CCN2CCC(C)(C)c3c2c1cc1cc(-c2cc(-c4cc5cc6c7c(c5oc4=O)C(C)(C)CCN7CCC6(C)C)cc(-c4cc5cc6c7c(c5oc4=O)C(C)(C)CCN7CCC6(C)C)c2)c(=O)oc31. The van der Waals surface area contributed by atoms with Crippen molar-refractivity contribution in [3.05, 3.63) is 119 Å². The molecular formula is C63H69N3O6. The second-order valence-corrected chi connectivity index (χ2v) is 26.6. The number of nitrogens with zero attached hydrogens (tertiary/aromatic N) is 3. The fraction of sp³-hybridized carbons (Fsp3) is 0.476. The molecule has 0 spiro atoms. The summed E-state index contributed by atoms with van der Waals surface area (Å²) in [5.41, 5.74) is 13.0. The molecule has 0 aliphatic carbocycles. The van der Waals surface area contributed by atoms with Crippen LogP contribution in [-0.4, -0.2) is 39.3 Å². The van der Waals surface area contributed by atoms with E-state index >= 15 is 0 Å². The van der Waals surface area contributed by atoms with Gasteiger partial charge in [0.1, 0.15) is 16.7 Å². The van der Waals surface area contributed by atoms with Crippen molar-refractivity contribution >= 4 is 50.0 Å². The van der Waals surface area contributed by atoms with E-state index in [2.05, 4.69) is 116 Å². The van der Waals surface area contributed by atoms with Gasteiger partial charge in [0, 0.05) is 89.2 Å². The van der Waals surface area contributed by atoms with Crippen LogP contribution in [0.25, 0.3) is 66.3 Å². The van der Waals surface area contributed by atoms with Crippen LogP contribution >= 0.6 is 0 Å². The number of hydrogen-bond donors (Lipinski definition) is 0. The molecule has 0 N–H and O–H groups in total. The molecule has 9 heteroatoms. The number of rotatable bonds is 3. The molecule has 0 fully saturated rings. The van der Waals surface area contributed by atoms with Crippen molar-refractivity contribution in [3.8, 4) is 33.4 Å². The molecular weight excluding hydrogens is 895 g/mol. The predicted octanol–water partition coefficient (Wildman–Crippen LogP) is 13.5. The Bertz CT molecular complexity index is 3360. The first-order chi connectivity index (χ1) is 33.8. The zero-order chi connectivity index (χ0) is 50.6. The second kappa shape index (κ2) is 14.6. The number of fused-ring (bicyclic) bond motifs is 6. The standard InChI is InChI=1S/C63H69N3O6/c1-58(2)13-19-64-22-16-61(7,8)46-49(64)43(58)31-37-28-40(55(67)70-52(37)46)34-25-35(41-29-38-32-44-50-47(53(38)71-56(41)68)62(9,10)17-23-65(50)20-14-59(44,3)4)27-36(26-34)42-30-39-33-45-51-48(54(39)72-57(42)69)63(11,12)18-24-66(51)21-15-60(45,5)6/h25-33H,13-24H2,1-12H3. The number of benzene rings is 4. The molecule has 0 radical (unpaired) electrons. The maximum atomic E-state index is 14.9. The molecule has 13 rings (SSSR count). The second-order valence-electron chi connectivity index (χ2n) is 26.6. The van der Waals surface area contributed by atoms with E-state index in [1.165, 1.54) is 33.8 Å². The average Bonchev–Trinajstić information content (AvgIpc) is 3.30. The Morgan fingerprint density at radius 2 is 0.569 bits per heavy atom. The summed E-state index contributed by atoms with van der Waals surface area (Å²) in [6, 6.07) is 18.4. The molecule has 0 bridgehead atoms. The third-order valence-electron chi connectivity index (χ3n) is 19.1. The zero-order valence-electron chi connectivity index (χ0n) is 44.5. The third kappa shape index (κ3) is 6.46. The van der Waals surface area contributed by atoms with Gasteiger partial charge >= 0.3 is 16.9 Å². The van der Waals surface area contributed by atoms with Crippen molar-refractivity contribution in [2.75, 3.05) is 54.0 Å². The molecule has 7 aromatic rings. The first kappa shape index (κ1) is 45.7. The smallest absolute Gasteiger partial charge is 0.344 e. The quantitative estimate of drug-likeness (QED) is 0.160. The Hall–Kier alpha value is -6.09. The summed E-state index contributed by atoms with van der Waals surface area (Å²) in [5.74, 6) is 0. The fourth-order valence-electron chi connectivity index (χ4n) is 14.2. The number of anilines is 3. The molecule has 9 heterocycles. The molecule has 0 unspecified atom stereocenters. The first-order valence-corrected chi connectivity index (χ1v) is 26.7. The van der Waals surface area contributed by atoms with Crippen LogP contribution in [0.15, 0.2) is 82.2 Å². The van der Waals surface area contributed by atoms with Crippen molar-refractivity contribution in [3.63, 3.8) is 0 Å². The molecule has 0 saturated carbocycles. The molecule has 6 aliphatic heterocycles. The lowest BCUT2D eigenvalue weighted by Gasteiger charge is -2.48. The summed E-state index contributed by atoms with van der Waals surface area (Å²) in [7, 11) is 0. The zero-order valence-corrected chi connectivity index (χ0v) is 44.5. The van der Waals surface area contributed by atoms with Gasteiger partial charge in [-0.1, -0.05) is 83.1 Å². The van der Waals surface area contributed by atoms with Gasteiger partial charge in [-0.2, -0.15) is 0 Å². The van der Waals surface area contributed by atoms with E-state index in [-0.39, 0.29) is 32.5 Å². The van der Waals surface area contributed by atoms with Crippen LogP contribution in [0.3, 0.4) is 0 Å². The van der Waals surface area contributed by atoms with Crippen LogP contribution in [0.1, 0.15) is 155 Å². The third-order valence-corrected chi connectivity index (χ3v) is 19.1. The summed E-state index contributed by atoms with van der Waals surface area (Å²) in [6.07, 6.45) is 5.93. The van der Waals surface area contributed by atoms with Crippen molar-refractivity contribution in [2.24, 2.45) is 0 Å². The average molecular weight is 964 g/mol. The Morgan fingerprint density at radius 1 is 0.333 bits per heavy atom. The highest BCUT2D eigenvalue weighted by atomic mass is 16.4. The Labute approximate surface area is 422 Å². The van der Waals surface area contributed by atoms with Gasteiger partial charge in [0.15, 0.2) is 0 Å². The molecule has 0 amide bonds. The van der Waals surface area contributed by atoms with Gasteiger partial charge in [0.2, 0.25) is 0 Å². The Morgan fingerprint density at radius 3 is 0.819 bits per heavy atom. The van der Waals surface area contributed by atoms with Gasteiger partial charge in [0.25, 0.3) is 0 Å². The Kier molecular flexibility index (Phi) is 9.26. The molecule has 372 valence electrons. The van der Waals surface area contributed by atoms with Gasteiger partial charge < -0.3 is 28.0 Å². The monoisotopic (exact) mass is 964 g/mol. The molecule has 0 saturated heterocycles. The highest BCUT2D eigenvalue weighted by Crippen LogP contribution is 2.55. The van der Waals surface area contributed by atoms with Crippen molar-refractivity contribution in [1.82, 2.24) is 0 Å². The topological polar surface area (TPSA) is 100 Å². The molecule has 0 atom stereocenters. The summed E-state index contributed by atoms with van der Waals surface area (Å²) >= 11 is 0. The highest BCUT2D eigenvalue weighted by molar-refractivity contribution is 5.97. The molecule has 72 heavy (non-hydrogen) atoms. The van der Waals surface area contributed by atoms with Crippen LogP contribution in [0.4, 0.5) is 17.1 Å². The summed E-state index contributed by atoms with van der Waals surface area (Å²) in [6.45, 7) is 33.3. The van der Waals surface area contributed by atoms with Gasteiger partial charge in [-0.05, 0) is 159 Å². The molecule has 3 aromatic heterocycles. The minimum Gasteiger partial charge on any atom is -0.422 e. The lowest BCUT2D eigenvalue weighted by Crippen LogP contribution is -2.44. The van der Waals surface area contributed by atoms with Crippen LogP contribution in [-0.2, 0) is 32.5 Å². The van der Waals surface area contributed by atoms with E-state index in [1.807, 2.05) is 36.4 Å². The largest absolute Gasteiger partial charge is 0.422 e. The van der Waals surface area contributed by atoms with Crippen LogP contribution in [0, 0.1) is 0 Å². The maximum Gasteiger partial charge on any atom is 0.344 e. The number of hydrogen-bond acceptors (Lipinski definition) is 9. The maximum absolute atomic E-state index is 14.9. The van der Waals surface area contributed by atoms with Gasteiger partial charge in [-0.3, -0.25) is 0 Å². The minimum atomic E-state index is -0.472. The highest BCUT2D eigenvalue weighted by Gasteiger charge is 2.45. The van der Waals surface area contributed by atoms with E-state index in [1.54, 1.807) is 0 Å². The van der Waals surface area contributed by atoms with Gasteiger partial charge in [-0.25, -0.2) is 14.4 Å². The first-order valence-electron chi connectivity index (χ1n) is 26.7. The van der Waals surface area contributed by atoms with Crippen LogP contribution in [0.2, 0.25) is 0 Å². The summed E-state index contributed by atoms with van der Waals surface area (Å²) < 4.78 is 19.8. The lowest BCUT2D eigenvalue weighted by atomic mass is 9.69. The van der Waals surface area contributed by atoms with E-state index < -0.39 is 16.9 Å².